The SMILES string of the molecule is C.C.C.C.C.C/C=C(\C)C(=O)O.C/C=C(\C)C(=O)OC.C/C=C(\CBr)C(=O)OC.C=C/C=C(\C)C(=O)OC.CC/C=C(\C)C(=O)OC.COC(=O)/C(C)=C/CBr.[Br-]. The minimum absolute atomic E-state index is 0. The first-order valence-corrected chi connectivity index (χ1v) is 17.4. The maximum Gasteiger partial charge on any atom is 0.334 e. The van der Waals surface area contributed by atoms with Crippen LogP contribution in [-0.4, -0.2) is 87.1 Å². The van der Waals surface area contributed by atoms with Gasteiger partial charge in [-0.05, 0) is 61.8 Å². The van der Waals surface area contributed by atoms with Crippen molar-refractivity contribution in [3.63, 3.8) is 0 Å². The Bertz CT molecular complexity index is 1200. The number of ether oxygens (including phenoxy) is 5. The maximum absolute atomic E-state index is 10.7. The van der Waals surface area contributed by atoms with Crippen molar-refractivity contribution in [2.24, 2.45) is 0 Å². The third-order valence-electron chi connectivity index (χ3n) is 5.43. The number of carbonyl (C=O) groups excluding carboxylic acids is 5. The van der Waals surface area contributed by atoms with Gasteiger partial charge in [-0.15, -0.1) is 0 Å². The van der Waals surface area contributed by atoms with Crippen LogP contribution in [-0.2, 0) is 52.5 Å². The lowest BCUT2D eigenvalue weighted by atomic mass is 10.2. The van der Waals surface area contributed by atoms with E-state index < -0.39 is 5.97 Å². The van der Waals surface area contributed by atoms with Gasteiger partial charge in [0.05, 0.1) is 35.5 Å². The molecule has 0 saturated heterocycles. The highest BCUT2D eigenvalue weighted by atomic mass is 79.9. The molecule has 0 aromatic carbocycles. The van der Waals surface area contributed by atoms with E-state index in [-0.39, 0.29) is 84.0 Å². The Morgan fingerprint density at radius 3 is 1.04 bits per heavy atom. The fourth-order valence-electron chi connectivity index (χ4n) is 2.10. The van der Waals surface area contributed by atoms with E-state index in [1.165, 1.54) is 35.5 Å². The summed E-state index contributed by atoms with van der Waals surface area (Å²) in [5, 5.41) is 9.35. The van der Waals surface area contributed by atoms with Crippen LogP contribution in [0.15, 0.2) is 82.5 Å². The molecule has 0 saturated carbocycles. The minimum atomic E-state index is -0.845. The molecule has 0 heterocycles. The van der Waals surface area contributed by atoms with Crippen molar-refractivity contribution in [1.29, 1.82) is 0 Å². The average molecular weight is 1010 g/mol. The van der Waals surface area contributed by atoms with Crippen LogP contribution < -0.4 is 17.0 Å². The highest BCUT2D eigenvalue weighted by Crippen LogP contribution is 2.01. The molecule has 15 heteroatoms. The molecule has 12 nitrogen and oxygen atoms in total. The summed E-state index contributed by atoms with van der Waals surface area (Å²) in [5.74, 6) is -2.19. The van der Waals surface area contributed by atoms with Gasteiger partial charge in [-0.1, -0.05) is 125 Å². The van der Waals surface area contributed by atoms with E-state index in [0.29, 0.717) is 44.1 Å². The normalized spacial score (nSPS) is 9.96. The number of allylic oxidation sites excluding steroid dienone is 7. The first-order chi connectivity index (χ1) is 23.8. The molecule has 0 atom stereocenters. The van der Waals surface area contributed by atoms with E-state index in [4.69, 9.17) is 5.11 Å². The molecule has 0 aliphatic rings. The number of esters is 5. The van der Waals surface area contributed by atoms with Gasteiger partial charge in [-0.2, -0.15) is 0 Å². The van der Waals surface area contributed by atoms with Crippen LogP contribution >= 0.6 is 31.9 Å². The zero-order valence-corrected chi connectivity index (χ0v) is 37.7. The van der Waals surface area contributed by atoms with Crippen molar-refractivity contribution < 1.29 is 74.5 Å². The van der Waals surface area contributed by atoms with Crippen molar-refractivity contribution in [1.82, 2.24) is 0 Å². The molecule has 0 radical (unpaired) electrons. The lowest BCUT2D eigenvalue weighted by Gasteiger charge is -1.97. The van der Waals surface area contributed by atoms with Crippen LogP contribution in [0.2, 0.25) is 0 Å². The third-order valence-corrected chi connectivity index (χ3v) is 6.36. The summed E-state index contributed by atoms with van der Waals surface area (Å²) < 4.78 is 22.2. The zero-order valence-electron chi connectivity index (χ0n) is 32.9. The molecule has 0 amide bonds. The number of hydrogen-bond acceptors (Lipinski definition) is 11. The molecule has 340 valence electrons. The summed E-state index contributed by atoms with van der Waals surface area (Å²) in [6.45, 7) is 19.1. The predicted octanol–water partition coefficient (Wildman–Crippen LogP) is 8.16. The average Bonchev–Trinajstić information content (AvgIpc) is 3.14. The summed E-state index contributed by atoms with van der Waals surface area (Å²) in [7, 11) is 6.84. The summed E-state index contributed by atoms with van der Waals surface area (Å²) in [5.41, 5.74) is 3.56. The van der Waals surface area contributed by atoms with Gasteiger partial charge in [-0.25, -0.2) is 28.8 Å². The molecule has 57 heavy (non-hydrogen) atoms. The third kappa shape index (κ3) is 59.3. The van der Waals surface area contributed by atoms with Crippen LogP contribution in [0.25, 0.3) is 0 Å². The van der Waals surface area contributed by atoms with E-state index in [1.54, 1.807) is 91.8 Å². The van der Waals surface area contributed by atoms with Gasteiger partial charge in [0, 0.05) is 44.1 Å². The summed E-state index contributed by atoms with van der Waals surface area (Å²) in [4.78, 5) is 62.7. The highest BCUT2D eigenvalue weighted by molar-refractivity contribution is 9.09. The van der Waals surface area contributed by atoms with Gasteiger partial charge < -0.3 is 45.8 Å². The van der Waals surface area contributed by atoms with Crippen LogP contribution in [0.1, 0.15) is 106 Å². The molecule has 0 rings (SSSR count). The van der Waals surface area contributed by atoms with E-state index >= 15 is 0 Å². The minimum Gasteiger partial charge on any atom is -1.00 e. The fraction of sp³-hybridized carbons (Fsp3) is 0.524. The second-order valence-electron chi connectivity index (χ2n) is 9.08. The van der Waals surface area contributed by atoms with Crippen LogP contribution in [0, 0.1) is 0 Å². The molecular weight excluding hydrogens is 936 g/mol. The number of carbonyl (C=O) groups is 6. The van der Waals surface area contributed by atoms with Crippen LogP contribution in [0.4, 0.5) is 0 Å². The van der Waals surface area contributed by atoms with E-state index in [0.717, 1.165) is 6.42 Å². The smallest absolute Gasteiger partial charge is 0.334 e. The van der Waals surface area contributed by atoms with Crippen molar-refractivity contribution in [2.45, 2.75) is 106 Å². The number of carboxylic acid groups (broad SMARTS) is 1. The Kier molecular flexibility index (Phi) is 92.6. The predicted molar refractivity (Wildman–Crippen MR) is 243 cm³/mol. The number of methoxy groups -OCH3 is 5. The van der Waals surface area contributed by atoms with Gasteiger partial charge in [-0.3, -0.25) is 0 Å². The summed E-state index contributed by atoms with van der Waals surface area (Å²) >= 11 is 6.31. The molecule has 0 spiro atoms. The lowest BCUT2D eigenvalue weighted by Crippen LogP contribution is -3.00. The Morgan fingerprint density at radius 1 is 0.544 bits per heavy atom. The lowest BCUT2D eigenvalue weighted by molar-refractivity contribution is -0.136. The first kappa shape index (κ1) is 85.6. The van der Waals surface area contributed by atoms with Crippen molar-refractivity contribution in [3.8, 4) is 0 Å². The fourth-order valence-corrected chi connectivity index (χ4v) is 3.14. The molecule has 0 fully saturated rings. The first-order valence-electron chi connectivity index (χ1n) is 15.1. The molecular formula is C42H78Br3O12-. The second-order valence-corrected chi connectivity index (χ2v) is 10.3. The number of hydrogen-bond donors (Lipinski definition) is 1. The molecule has 0 aromatic rings. The largest absolute Gasteiger partial charge is 1.00 e. The van der Waals surface area contributed by atoms with Crippen LogP contribution in [0.3, 0.4) is 0 Å². The molecule has 0 bridgehead atoms. The Labute approximate surface area is 375 Å². The maximum atomic E-state index is 10.7. The second kappa shape index (κ2) is 61.7. The highest BCUT2D eigenvalue weighted by Gasteiger charge is 2.04. The van der Waals surface area contributed by atoms with Gasteiger partial charge in [0.2, 0.25) is 0 Å². The molecule has 1 N–H and O–H groups in total. The van der Waals surface area contributed by atoms with Gasteiger partial charge in [0.15, 0.2) is 0 Å². The number of rotatable bonds is 10. The van der Waals surface area contributed by atoms with E-state index in [9.17, 15) is 28.8 Å². The van der Waals surface area contributed by atoms with Crippen molar-refractivity contribution in [3.05, 3.63) is 82.5 Å². The summed E-state index contributed by atoms with van der Waals surface area (Å²) in [6.07, 6.45) is 12.6. The van der Waals surface area contributed by atoms with Crippen molar-refractivity contribution >= 4 is 67.7 Å². The van der Waals surface area contributed by atoms with Gasteiger partial charge in [0.25, 0.3) is 0 Å². The molecule has 0 aliphatic heterocycles. The molecule has 0 aliphatic carbocycles. The van der Waals surface area contributed by atoms with Crippen molar-refractivity contribution in [2.75, 3.05) is 46.2 Å². The van der Waals surface area contributed by atoms with Gasteiger partial charge in [0.1, 0.15) is 0 Å². The Balaban J connectivity index is -0.0000000418. The Hall–Kier alpha value is -3.56. The molecule has 0 aromatic heterocycles. The topological polar surface area (TPSA) is 169 Å². The number of aliphatic carboxylic acids is 1. The quantitative estimate of drug-likeness (QED) is 0.0734. The summed E-state index contributed by atoms with van der Waals surface area (Å²) in [6, 6.07) is 0. The standard InChI is InChI=1S/C7H12O2.C7H10O2.2C6H9BrO2.C6H10O2.C5H8O2.5CH4.BrH/c2*1-4-5-6(2)7(8)9-3;1-5(3-4-7)6(8)9-2;1-3-5(4-7)6(8)9-2;1-4-5(2)6(7)8-3;1-3-4(2)5(6)7;;;;;;/h5H,4H2,1-3H3;4-5H,1H2,2-3H3;2*3H,4H2,1-2H3;4H,1-3H3;3H,1-2H3,(H,6,7);5*1H4;1H/p-1/b2*6-5+;2*5-3+;5-4+;4-3+;;;;;;. The number of alkyl halides is 2. The molecule has 0 unspecified atom stereocenters. The Morgan fingerprint density at radius 2 is 0.860 bits per heavy atom. The monoisotopic (exact) mass is 1010 g/mol. The zero-order chi connectivity index (χ0) is 41.5. The van der Waals surface area contributed by atoms with E-state index in [1.807, 2.05) is 13.0 Å². The van der Waals surface area contributed by atoms with E-state index in [2.05, 4.69) is 62.1 Å². The number of halogens is 3. The van der Waals surface area contributed by atoms with Crippen LogP contribution in [0.5, 0.6) is 0 Å². The number of carboxylic acids is 1. The van der Waals surface area contributed by atoms with Gasteiger partial charge >= 0.3 is 35.8 Å².